The van der Waals surface area contributed by atoms with E-state index in [4.69, 9.17) is 0 Å². The summed E-state index contributed by atoms with van der Waals surface area (Å²) in [4.78, 5) is 24.1. The van der Waals surface area contributed by atoms with Gasteiger partial charge >= 0.3 is 0 Å². The summed E-state index contributed by atoms with van der Waals surface area (Å²) in [6, 6.07) is 12.6. The lowest BCUT2D eigenvalue weighted by Crippen LogP contribution is -2.41. The maximum Gasteiger partial charge on any atom is 0.269 e. The number of hydrogen-bond acceptors (Lipinski definition) is 2. The van der Waals surface area contributed by atoms with Crippen molar-refractivity contribution in [1.29, 1.82) is 0 Å². The van der Waals surface area contributed by atoms with Crippen LogP contribution in [-0.2, 0) is 6.42 Å². The molecule has 4 nitrogen and oxygen atoms in total. The average molecular weight is 361 g/mol. The van der Waals surface area contributed by atoms with Gasteiger partial charge in [-0.15, -0.1) is 0 Å². The van der Waals surface area contributed by atoms with E-state index in [-0.39, 0.29) is 11.8 Å². The van der Waals surface area contributed by atoms with Crippen molar-refractivity contribution in [3.8, 4) is 0 Å². The first-order valence-corrected chi connectivity index (χ1v) is 7.76. The van der Waals surface area contributed by atoms with E-state index in [1.807, 2.05) is 25.1 Å². The van der Waals surface area contributed by atoms with Gasteiger partial charge in [0.05, 0.1) is 0 Å². The predicted molar refractivity (Wildman–Crippen MR) is 89.6 cm³/mol. The molecule has 2 aromatic carbocycles. The Bertz CT molecular complexity index is 696. The van der Waals surface area contributed by atoms with E-state index in [1.54, 1.807) is 24.3 Å². The Morgan fingerprint density at radius 3 is 2.23 bits per heavy atom. The van der Waals surface area contributed by atoms with Gasteiger partial charge in [0.15, 0.2) is 0 Å². The van der Waals surface area contributed by atoms with Crippen LogP contribution in [0.1, 0.15) is 38.8 Å². The smallest absolute Gasteiger partial charge is 0.267 e. The molecular formula is C17H17BrN2O2. The van der Waals surface area contributed by atoms with Gasteiger partial charge in [-0.25, -0.2) is 0 Å². The molecule has 0 fully saturated rings. The van der Waals surface area contributed by atoms with Gasteiger partial charge in [-0.2, -0.15) is 0 Å². The second-order valence-corrected chi connectivity index (χ2v) is 5.83. The molecule has 2 amide bonds. The van der Waals surface area contributed by atoms with Crippen LogP contribution in [0, 0.1) is 6.92 Å². The van der Waals surface area contributed by atoms with E-state index in [1.165, 1.54) is 0 Å². The van der Waals surface area contributed by atoms with Gasteiger partial charge in [-0.3, -0.25) is 20.4 Å². The van der Waals surface area contributed by atoms with Gasteiger partial charge in [0.1, 0.15) is 0 Å². The maximum atomic E-state index is 12.1. The van der Waals surface area contributed by atoms with E-state index >= 15 is 0 Å². The van der Waals surface area contributed by atoms with Crippen LogP contribution in [0.15, 0.2) is 46.9 Å². The number of hydrazine groups is 1. The average Bonchev–Trinajstić information content (AvgIpc) is 2.52. The number of amides is 2. The quantitative estimate of drug-likeness (QED) is 0.824. The van der Waals surface area contributed by atoms with Crippen LogP contribution in [0.2, 0.25) is 0 Å². The minimum absolute atomic E-state index is 0.342. The first-order valence-electron chi connectivity index (χ1n) is 6.97. The van der Waals surface area contributed by atoms with E-state index in [0.717, 1.165) is 22.0 Å². The molecule has 0 saturated carbocycles. The van der Waals surface area contributed by atoms with Crippen LogP contribution >= 0.6 is 15.9 Å². The summed E-state index contributed by atoms with van der Waals surface area (Å²) >= 11 is 3.35. The van der Waals surface area contributed by atoms with Gasteiger partial charge in [0, 0.05) is 15.6 Å². The highest BCUT2D eigenvalue weighted by molar-refractivity contribution is 9.10. The molecule has 22 heavy (non-hydrogen) atoms. The van der Waals surface area contributed by atoms with Crippen LogP contribution in [-0.4, -0.2) is 11.8 Å². The molecule has 0 atom stereocenters. The minimum atomic E-state index is -0.344. The van der Waals surface area contributed by atoms with Gasteiger partial charge < -0.3 is 0 Å². The van der Waals surface area contributed by atoms with E-state index in [2.05, 4.69) is 33.7 Å². The predicted octanol–water partition coefficient (Wildman–Crippen LogP) is 3.39. The Labute approximate surface area is 138 Å². The molecule has 2 aromatic rings. The summed E-state index contributed by atoms with van der Waals surface area (Å²) in [6.45, 7) is 3.89. The Morgan fingerprint density at radius 1 is 1.00 bits per heavy atom. The largest absolute Gasteiger partial charge is 0.269 e. The third kappa shape index (κ3) is 3.95. The maximum absolute atomic E-state index is 12.1. The number of carbonyl (C=O) groups excluding carboxylic acids is 2. The van der Waals surface area contributed by atoms with Crippen molar-refractivity contribution in [2.45, 2.75) is 20.3 Å². The van der Waals surface area contributed by atoms with E-state index in [9.17, 15) is 9.59 Å². The number of halogens is 1. The number of nitrogens with one attached hydrogen (secondary N) is 2. The standard InChI is InChI=1S/C17H17BrN2O2/c1-3-12-4-6-13(7-5-12)16(21)19-20-17(22)15-9-8-14(18)10-11(15)2/h4-10H,3H2,1-2H3,(H,19,21)(H,20,22). The molecule has 0 aliphatic carbocycles. The normalized spacial score (nSPS) is 10.1. The molecule has 2 N–H and O–H groups in total. The van der Waals surface area contributed by atoms with Gasteiger partial charge in [0.25, 0.3) is 11.8 Å². The first kappa shape index (κ1) is 16.2. The molecule has 5 heteroatoms. The Morgan fingerprint density at radius 2 is 1.64 bits per heavy atom. The highest BCUT2D eigenvalue weighted by Crippen LogP contribution is 2.15. The summed E-state index contributed by atoms with van der Waals surface area (Å²) in [5, 5.41) is 0. The molecule has 0 heterocycles. The first-order chi connectivity index (χ1) is 10.5. The van der Waals surface area contributed by atoms with Crippen molar-refractivity contribution < 1.29 is 9.59 Å². The van der Waals surface area contributed by atoms with Crippen molar-refractivity contribution in [1.82, 2.24) is 10.9 Å². The van der Waals surface area contributed by atoms with Crippen LogP contribution in [0.5, 0.6) is 0 Å². The topological polar surface area (TPSA) is 58.2 Å². The zero-order valence-corrected chi connectivity index (χ0v) is 14.0. The van der Waals surface area contributed by atoms with Crippen molar-refractivity contribution in [2.24, 2.45) is 0 Å². The molecule has 2 rings (SSSR count). The Kier molecular flexibility index (Phi) is 5.33. The highest BCUT2D eigenvalue weighted by atomic mass is 79.9. The number of aryl methyl sites for hydroxylation is 2. The monoisotopic (exact) mass is 360 g/mol. The fourth-order valence-electron chi connectivity index (χ4n) is 2.03. The summed E-state index contributed by atoms with van der Waals surface area (Å²) in [5.74, 6) is -0.686. The zero-order valence-electron chi connectivity index (χ0n) is 12.4. The van der Waals surface area contributed by atoms with Gasteiger partial charge in [-0.1, -0.05) is 35.0 Å². The summed E-state index contributed by atoms with van der Waals surface area (Å²) in [5.41, 5.74) is 7.87. The lowest BCUT2D eigenvalue weighted by atomic mass is 10.1. The van der Waals surface area contributed by atoms with Gasteiger partial charge in [0.2, 0.25) is 0 Å². The van der Waals surface area contributed by atoms with Crippen LogP contribution in [0.4, 0.5) is 0 Å². The third-order valence-corrected chi connectivity index (χ3v) is 3.84. The molecule has 0 aliphatic rings. The summed E-state index contributed by atoms with van der Waals surface area (Å²) in [7, 11) is 0. The molecule has 0 saturated heterocycles. The molecule has 0 aromatic heterocycles. The number of rotatable bonds is 3. The number of carbonyl (C=O) groups is 2. The van der Waals surface area contributed by atoms with Crippen LogP contribution < -0.4 is 10.9 Å². The Hall–Kier alpha value is -2.14. The molecule has 0 bridgehead atoms. The highest BCUT2D eigenvalue weighted by Gasteiger charge is 2.11. The fraction of sp³-hybridized carbons (Fsp3) is 0.176. The minimum Gasteiger partial charge on any atom is -0.267 e. The van der Waals surface area contributed by atoms with Crippen molar-refractivity contribution in [2.75, 3.05) is 0 Å². The molecule has 0 radical (unpaired) electrons. The van der Waals surface area contributed by atoms with Crippen molar-refractivity contribution in [3.63, 3.8) is 0 Å². The van der Waals surface area contributed by atoms with E-state index < -0.39 is 0 Å². The van der Waals surface area contributed by atoms with Crippen LogP contribution in [0.25, 0.3) is 0 Å². The third-order valence-electron chi connectivity index (χ3n) is 3.35. The summed E-state index contributed by atoms with van der Waals surface area (Å²) < 4.78 is 0.904. The second-order valence-electron chi connectivity index (χ2n) is 4.92. The number of benzene rings is 2. The second kappa shape index (κ2) is 7.22. The molecule has 0 spiro atoms. The SMILES string of the molecule is CCc1ccc(C(=O)NNC(=O)c2ccc(Br)cc2C)cc1. The van der Waals surface area contributed by atoms with Crippen molar-refractivity contribution in [3.05, 3.63) is 69.2 Å². The lowest BCUT2D eigenvalue weighted by molar-refractivity contribution is 0.0846. The van der Waals surface area contributed by atoms with Crippen molar-refractivity contribution >= 4 is 27.7 Å². The summed E-state index contributed by atoms with van der Waals surface area (Å²) in [6.07, 6.45) is 0.918. The Balaban J connectivity index is 1.99. The zero-order chi connectivity index (χ0) is 16.1. The molecule has 0 aliphatic heterocycles. The van der Waals surface area contributed by atoms with Crippen LogP contribution in [0.3, 0.4) is 0 Å². The molecule has 114 valence electrons. The van der Waals surface area contributed by atoms with Gasteiger partial charge in [-0.05, 0) is 54.8 Å². The molecule has 0 unspecified atom stereocenters. The lowest BCUT2D eigenvalue weighted by Gasteiger charge is -2.09. The van der Waals surface area contributed by atoms with E-state index in [0.29, 0.717) is 11.1 Å². The fourth-order valence-corrected chi connectivity index (χ4v) is 2.50. The number of hydrogen-bond donors (Lipinski definition) is 2. The molecular weight excluding hydrogens is 344 g/mol.